The molecule has 3 nitrogen and oxygen atoms in total. The third kappa shape index (κ3) is 4.20. The van der Waals surface area contributed by atoms with Gasteiger partial charge in [0.2, 0.25) is 0 Å². The fraction of sp³-hybridized carbons (Fsp3) is 0.471. The lowest BCUT2D eigenvalue weighted by Crippen LogP contribution is -2.39. The molecule has 20 heavy (non-hydrogen) atoms. The van der Waals surface area contributed by atoms with Crippen LogP contribution >= 0.6 is 0 Å². The van der Waals surface area contributed by atoms with Crippen molar-refractivity contribution in [3.63, 3.8) is 0 Å². The maximum absolute atomic E-state index is 11.9. The highest BCUT2D eigenvalue weighted by Gasteiger charge is 2.27. The van der Waals surface area contributed by atoms with E-state index in [1.807, 2.05) is 45.0 Å². The number of carbonyl (C=O) groups excluding carboxylic acids is 1. The molecule has 0 spiro atoms. The van der Waals surface area contributed by atoms with Gasteiger partial charge in [0.1, 0.15) is 6.10 Å². The second kappa shape index (κ2) is 6.23. The van der Waals surface area contributed by atoms with Gasteiger partial charge in [-0.25, -0.2) is 0 Å². The number of carbonyl (C=O) groups is 1. The Morgan fingerprint density at radius 1 is 1.30 bits per heavy atom. The molecule has 0 amide bonds. The highest BCUT2D eigenvalue weighted by Crippen LogP contribution is 2.18. The number of rotatable bonds is 3. The lowest BCUT2D eigenvalue weighted by Gasteiger charge is -2.30. The van der Waals surface area contributed by atoms with Gasteiger partial charge in [0.25, 0.3) is 0 Å². The van der Waals surface area contributed by atoms with Crippen LogP contribution in [-0.2, 0) is 16.1 Å². The van der Waals surface area contributed by atoms with Crippen LogP contribution in [0, 0.1) is 5.41 Å². The van der Waals surface area contributed by atoms with Crippen molar-refractivity contribution in [2.24, 2.45) is 5.41 Å². The van der Waals surface area contributed by atoms with E-state index in [2.05, 4.69) is 23.1 Å². The highest BCUT2D eigenvalue weighted by atomic mass is 16.5. The van der Waals surface area contributed by atoms with Crippen molar-refractivity contribution in [2.75, 3.05) is 13.1 Å². The van der Waals surface area contributed by atoms with Crippen LogP contribution in [0.1, 0.15) is 26.3 Å². The Morgan fingerprint density at radius 3 is 2.65 bits per heavy atom. The van der Waals surface area contributed by atoms with Gasteiger partial charge in [0, 0.05) is 19.6 Å². The normalized spacial score (nSPS) is 19.9. The standard InChI is InChI=1S/C17H23NO2/c1-17(2,3)16(19)20-15-10-7-11-18(13-15)12-14-8-5-4-6-9-14/h4-10,15H,11-13H2,1-3H3. The fourth-order valence-electron chi connectivity index (χ4n) is 2.11. The zero-order chi connectivity index (χ0) is 14.6. The summed E-state index contributed by atoms with van der Waals surface area (Å²) in [5.74, 6) is -0.145. The fourth-order valence-corrected chi connectivity index (χ4v) is 2.11. The molecular weight excluding hydrogens is 250 g/mol. The van der Waals surface area contributed by atoms with E-state index in [1.54, 1.807) is 0 Å². The average Bonchev–Trinajstić information content (AvgIpc) is 2.39. The predicted molar refractivity (Wildman–Crippen MR) is 80.2 cm³/mol. The van der Waals surface area contributed by atoms with Crippen molar-refractivity contribution < 1.29 is 9.53 Å². The van der Waals surface area contributed by atoms with E-state index in [0.717, 1.165) is 19.6 Å². The van der Waals surface area contributed by atoms with Crippen LogP contribution in [0.15, 0.2) is 42.5 Å². The van der Waals surface area contributed by atoms with Crippen molar-refractivity contribution in [1.29, 1.82) is 0 Å². The molecule has 2 rings (SSSR count). The number of ether oxygens (including phenoxy) is 1. The first kappa shape index (κ1) is 14.8. The van der Waals surface area contributed by atoms with Gasteiger partial charge in [0.05, 0.1) is 5.41 Å². The number of esters is 1. The van der Waals surface area contributed by atoms with E-state index in [-0.39, 0.29) is 12.1 Å². The summed E-state index contributed by atoms with van der Waals surface area (Å²) in [6.45, 7) is 8.18. The molecule has 1 aromatic carbocycles. The van der Waals surface area contributed by atoms with Gasteiger partial charge in [-0.05, 0) is 32.4 Å². The summed E-state index contributed by atoms with van der Waals surface area (Å²) < 4.78 is 5.56. The molecule has 1 unspecified atom stereocenters. The van der Waals surface area contributed by atoms with E-state index >= 15 is 0 Å². The van der Waals surface area contributed by atoms with E-state index in [0.29, 0.717) is 0 Å². The average molecular weight is 273 g/mol. The van der Waals surface area contributed by atoms with Gasteiger partial charge < -0.3 is 4.74 Å². The minimum absolute atomic E-state index is 0.140. The zero-order valence-corrected chi connectivity index (χ0v) is 12.5. The Balaban J connectivity index is 1.91. The monoisotopic (exact) mass is 273 g/mol. The van der Waals surface area contributed by atoms with Gasteiger partial charge in [-0.15, -0.1) is 0 Å². The minimum atomic E-state index is -0.449. The van der Waals surface area contributed by atoms with Crippen molar-refractivity contribution >= 4 is 5.97 Å². The maximum atomic E-state index is 11.9. The lowest BCUT2D eigenvalue weighted by molar-refractivity contribution is -0.157. The molecule has 1 aliphatic rings. The van der Waals surface area contributed by atoms with Gasteiger partial charge >= 0.3 is 5.97 Å². The van der Waals surface area contributed by atoms with E-state index in [9.17, 15) is 4.79 Å². The lowest BCUT2D eigenvalue weighted by atomic mass is 9.97. The molecule has 0 N–H and O–H groups in total. The molecule has 1 heterocycles. The number of hydrogen-bond acceptors (Lipinski definition) is 3. The molecule has 1 atom stereocenters. The molecular formula is C17H23NO2. The van der Waals surface area contributed by atoms with Crippen LogP contribution in [0.3, 0.4) is 0 Å². The second-order valence-corrected chi connectivity index (χ2v) is 6.30. The topological polar surface area (TPSA) is 29.5 Å². The van der Waals surface area contributed by atoms with Crippen molar-refractivity contribution in [1.82, 2.24) is 4.90 Å². The van der Waals surface area contributed by atoms with E-state index in [1.165, 1.54) is 5.56 Å². The smallest absolute Gasteiger partial charge is 0.311 e. The van der Waals surface area contributed by atoms with E-state index in [4.69, 9.17) is 4.74 Å². The van der Waals surface area contributed by atoms with Gasteiger partial charge in [-0.1, -0.05) is 36.4 Å². The van der Waals surface area contributed by atoms with Crippen LogP contribution in [0.5, 0.6) is 0 Å². The Hall–Kier alpha value is -1.61. The van der Waals surface area contributed by atoms with Crippen LogP contribution in [0.25, 0.3) is 0 Å². The van der Waals surface area contributed by atoms with Crippen LogP contribution in [0.2, 0.25) is 0 Å². The number of nitrogens with zero attached hydrogens (tertiary/aromatic N) is 1. The molecule has 1 aromatic rings. The molecule has 1 aliphatic heterocycles. The summed E-state index contributed by atoms with van der Waals surface area (Å²) in [6.07, 6.45) is 3.93. The number of hydrogen-bond donors (Lipinski definition) is 0. The Bertz CT molecular complexity index is 474. The Morgan fingerprint density at radius 2 is 2.00 bits per heavy atom. The zero-order valence-electron chi connectivity index (χ0n) is 12.5. The molecule has 0 saturated heterocycles. The predicted octanol–water partition coefficient (Wildman–Crippen LogP) is 3.02. The van der Waals surface area contributed by atoms with Crippen LogP contribution < -0.4 is 0 Å². The molecule has 0 radical (unpaired) electrons. The Kier molecular flexibility index (Phi) is 4.61. The largest absolute Gasteiger partial charge is 0.456 e. The summed E-state index contributed by atoms with van der Waals surface area (Å²) >= 11 is 0. The second-order valence-electron chi connectivity index (χ2n) is 6.30. The van der Waals surface area contributed by atoms with Crippen molar-refractivity contribution in [3.05, 3.63) is 48.0 Å². The van der Waals surface area contributed by atoms with Gasteiger partial charge in [0.15, 0.2) is 0 Å². The van der Waals surface area contributed by atoms with Crippen molar-refractivity contribution in [2.45, 2.75) is 33.4 Å². The first-order valence-electron chi connectivity index (χ1n) is 7.09. The van der Waals surface area contributed by atoms with Gasteiger partial charge in [-0.2, -0.15) is 0 Å². The highest BCUT2D eigenvalue weighted by molar-refractivity contribution is 5.75. The van der Waals surface area contributed by atoms with E-state index < -0.39 is 5.41 Å². The minimum Gasteiger partial charge on any atom is -0.456 e. The summed E-state index contributed by atoms with van der Waals surface area (Å²) in [5.41, 5.74) is 0.832. The third-order valence-corrected chi connectivity index (χ3v) is 3.27. The molecule has 108 valence electrons. The quantitative estimate of drug-likeness (QED) is 0.626. The molecule has 0 bridgehead atoms. The summed E-state index contributed by atoms with van der Waals surface area (Å²) in [5, 5.41) is 0. The molecule has 0 aromatic heterocycles. The summed E-state index contributed by atoms with van der Waals surface area (Å²) in [7, 11) is 0. The Labute approximate surface area is 121 Å². The molecule has 0 saturated carbocycles. The molecule has 3 heteroatoms. The van der Waals surface area contributed by atoms with Crippen molar-refractivity contribution in [3.8, 4) is 0 Å². The maximum Gasteiger partial charge on any atom is 0.311 e. The first-order chi connectivity index (χ1) is 9.45. The molecule has 0 fully saturated rings. The summed E-state index contributed by atoms with van der Waals surface area (Å²) in [4.78, 5) is 14.2. The number of benzene rings is 1. The molecule has 0 aliphatic carbocycles. The first-order valence-corrected chi connectivity index (χ1v) is 7.09. The third-order valence-electron chi connectivity index (χ3n) is 3.27. The SMILES string of the molecule is CC(C)(C)C(=O)OC1C=CCN(Cc2ccccc2)C1. The van der Waals surface area contributed by atoms with Crippen LogP contribution in [-0.4, -0.2) is 30.1 Å². The van der Waals surface area contributed by atoms with Gasteiger partial charge in [-0.3, -0.25) is 9.69 Å². The summed E-state index contributed by atoms with van der Waals surface area (Å²) in [6, 6.07) is 10.4. The van der Waals surface area contributed by atoms with Crippen LogP contribution in [0.4, 0.5) is 0 Å².